The normalized spacial score (nSPS) is 41.9. The lowest BCUT2D eigenvalue weighted by atomic mass is 9.46. The Hall–Kier alpha value is -1.42. The molecule has 106 valence electrons. The van der Waals surface area contributed by atoms with Crippen molar-refractivity contribution in [3.8, 4) is 0 Å². The predicted octanol–water partition coefficient (Wildman–Crippen LogP) is 1.76. The summed E-state index contributed by atoms with van der Waals surface area (Å²) >= 11 is 0. The molecule has 0 aromatic carbocycles. The molecule has 4 heteroatoms. The molecule has 0 saturated heterocycles. The van der Waals surface area contributed by atoms with E-state index in [1.165, 1.54) is 6.42 Å². The topological polar surface area (TPSA) is 76.2 Å². The van der Waals surface area contributed by atoms with E-state index in [2.05, 4.69) is 4.98 Å². The van der Waals surface area contributed by atoms with Gasteiger partial charge in [-0.25, -0.2) is 0 Å². The molecule has 1 amide bonds. The number of aliphatic hydroxyl groups is 1. The highest BCUT2D eigenvalue weighted by Gasteiger charge is 2.58. The summed E-state index contributed by atoms with van der Waals surface area (Å²) in [5.74, 6) is 0.787. The number of pyridine rings is 1. The average molecular weight is 272 g/mol. The molecule has 3 N–H and O–H groups in total. The number of rotatable bonds is 2. The van der Waals surface area contributed by atoms with Gasteiger partial charge in [-0.3, -0.25) is 9.78 Å². The van der Waals surface area contributed by atoms with Crippen molar-refractivity contribution in [2.75, 3.05) is 0 Å². The molecule has 1 heterocycles. The fourth-order valence-electron chi connectivity index (χ4n) is 5.56. The summed E-state index contributed by atoms with van der Waals surface area (Å²) in [6, 6.07) is 1.72. The molecule has 4 aliphatic rings. The highest BCUT2D eigenvalue weighted by atomic mass is 16.3. The summed E-state index contributed by atoms with van der Waals surface area (Å²) in [4.78, 5) is 15.9. The first-order valence-corrected chi connectivity index (χ1v) is 7.46. The highest BCUT2D eigenvalue weighted by Crippen LogP contribution is 2.62. The first-order chi connectivity index (χ1) is 9.50. The number of primary amides is 1. The van der Waals surface area contributed by atoms with Crippen molar-refractivity contribution in [3.05, 3.63) is 29.6 Å². The summed E-state index contributed by atoms with van der Waals surface area (Å²) in [5, 5.41) is 10.8. The van der Waals surface area contributed by atoms with Crippen LogP contribution in [0.15, 0.2) is 18.5 Å². The molecule has 1 aromatic heterocycles. The lowest BCUT2D eigenvalue weighted by Gasteiger charge is -2.60. The molecule has 0 spiro atoms. The van der Waals surface area contributed by atoms with E-state index < -0.39 is 5.60 Å². The maximum absolute atomic E-state index is 11.7. The molecule has 4 nitrogen and oxygen atoms in total. The Balaban J connectivity index is 1.84. The third-order valence-electron chi connectivity index (χ3n) is 5.69. The number of carbonyl (C=O) groups is 1. The van der Waals surface area contributed by atoms with E-state index >= 15 is 0 Å². The van der Waals surface area contributed by atoms with Gasteiger partial charge in [0.25, 0.3) is 0 Å². The first kappa shape index (κ1) is 12.3. The molecule has 0 aliphatic heterocycles. The third-order valence-corrected chi connectivity index (χ3v) is 5.69. The van der Waals surface area contributed by atoms with E-state index in [-0.39, 0.29) is 11.3 Å². The zero-order valence-electron chi connectivity index (χ0n) is 11.5. The fraction of sp³-hybridized carbons (Fsp3) is 0.625. The summed E-state index contributed by atoms with van der Waals surface area (Å²) in [6.45, 7) is 0. The molecule has 5 rings (SSSR count). The summed E-state index contributed by atoms with van der Waals surface area (Å²) < 4.78 is 0. The van der Waals surface area contributed by atoms with Crippen molar-refractivity contribution in [1.29, 1.82) is 0 Å². The van der Waals surface area contributed by atoms with Crippen molar-refractivity contribution in [2.24, 2.45) is 17.6 Å². The summed E-state index contributed by atoms with van der Waals surface area (Å²) in [7, 11) is 0. The van der Waals surface area contributed by atoms with E-state index in [1.807, 2.05) is 0 Å². The third kappa shape index (κ3) is 1.64. The van der Waals surface area contributed by atoms with Crippen LogP contribution in [-0.4, -0.2) is 21.6 Å². The molecule has 4 saturated carbocycles. The van der Waals surface area contributed by atoms with Crippen molar-refractivity contribution >= 4 is 5.91 Å². The van der Waals surface area contributed by atoms with Gasteiger partial charge in [-0.1, -0.05) is 0 Å². The van der Waals surface area contributed by atoms with Crippen LogP contribution in [0.3, 0.4) is 0 Å². The molecule has 2 unspecified atom stereocenters. The van der Waals surface area contributed by atoms with E-state index in [4.69, 9.17) is 5.73 Å². The van der Waals surface area contributed by atoms with Crippen LogP contribution in [0.5, 0.6) is 0 Å². The SMILES string of the molecule is NC(=O)c1ccncc1C12CC3CC(CC(O)(C3)C1)C2. The number of nitrogens with two attached hydrogens (primary N) is 1. The van der Waals surface area contributed by atoms with Crippen LogP contribution in [0.25, 0.3) is 0 Å². The molecule has 4 bridgehead atoms. The molecular weight excluding hydrogens is 252 g/mol. The lowest BCUT2D eigenvalue weighted by molar-refractivity contribution is -0.137. The van der Waals surface area contributed by atoms with Crippen molar-refractivity contribution in [3.63, 3.8) is 0 Å². The highest BCUT2D eigenvalue weighted by molar-refractivity contribution is 5.94. The molecule has 1 aromatic rings. The van der Waals surface area contributed by atoms with Gasteiger partial charge in [-0.05, 0) is 62.0 Å². The van der Waals surface area contributed by atoms with Gasteiger partial charge in [0.05, 0.1) is 5.60 Å². The van der Waals surface area contributed by atoms with Crippen LogP contribution in [0, 0.1) is 11.8 Å². The number of aromatic nitrogens is 1. The Bertz CT molecular complexity index is 570. The molecule has 20 heavy (non-hydrogen) atoms. The molecule has 0 radical (unpaired) electrons. The van der Waals surface area contributed by atoms with Gasteiger partial charge in [-0.15, -0.1) is 0 Å². The van der Waals surface area contributed by atoms with E-state index in [9.17, 15) is 9.90 Å². The average Bonchev–Trinajstić information content (AvgIpc) is 2.35. The van der Waals surface area contributed by atoms with Gasteiger partial charge in [0.2, 0.25) is 5.91 Å². The molecule has 4 fully saturated rings. The minimum Gasteiger partial charge on any atom is -0.390 e. The molecular formula is C16H20N2O2. The number of hydrogen-bond donors (Lipinski definition) is 2. The number of carbonyl (C=O) groups excluding carboxylic acids is 1. The number of amides is 1. The van der Waals surface area contributed by atoms with Gasteiger partial charge in [-0.2, -0.15) is 0 Å². The summed E-state index contributed by atoms with van der Waals surface area (Å²) in [6.07, 6.45) is 9.41. The van der Waals surface area contributed by atoms with Crippen LogP contribution in [0.1, 0.15) is 54.4 Å². The maximum atomic E-state index is 11.7. The zero-order valence-corrected chi connectivity index (χ0v) is 11.5. The Kier molecular flexibility index (Phi) is 2.35. The maximum Gasteiger partial charge on any atom is 0.249 e. The van der Waals surface area contributed by atoms with Gasteiger partial charge in [0, 0.05) is 23.4 Å². The van der Waals surface area contributed by atoms with Gasteiger partial charge in [0.15, 0.2) is 0 Å². The minimum absolute atomic E-state index is 0.0859. The van der Waals surface area contributed by atoms with Crippen LogP contribution in [0.4, 0.5) is 0 Å². The fourth-order valence-corrected chi connectivity index (χ4v) is 5.56. The number of nitrogens with zero attached hydrogens (tertiary/aromatic N) is 1. The molecule has 4 aliphatic carbocycles. The Morgan fingerprint density at radius 3 is 2.60 bits per heavy atom. The second-order valence-corrected chi connectivity index (χ2v) is 7.25. The second kappa shape index (κ2) is 3.82. The Morgan fingerprint density at radius 2 is 2.00 bits per heavy atom. The van der Waals surface area contributed by atoms with Crippen molar-refractivity contribution < 1.29 is 9.90 Å². The number of hydrogen-bond acceptors (Lipinski definition) is 3. The predicted molar refractivity (Wildman–Crippen MR) is 74.1 cm³/mol. The quantitative estimate of drug-likeness (QED) is 0.861. The Labute approximate surface area is 118 Å². The van der Waals surface area contributed by atoms with Crippen molar-refractivity contribution in [2.45, 2.75) is 49.5 Å². The van der Waals surface area contributed by atoms with Crippen LogP contribution in [0.2, 0.25) is 0 Å². The largest absolute Gasteiger partial charge is 0.390 e. The van der Waals surface area contributed by atoms with Crippen LogP contribution in [-0.2, 0) is 5.41 Å². The second-order valence-electron chi connectivity index (χ2n) is 7.25. The zero-order chi connectivity index (χ0) is 14.0. The smallest absolute Gasteiger partial charge is 0.249 e. The Morgan fingerprint density at radius 1 is 1.30 bits per heavy atom. The standard InChI is InChI=1S/C16H20N2O2/c17-14(19)12-1-2-18-8-13(12)15-4-10-3-11(5-15)7-16(20,6-10)9-15/h1-2,8,10-11,20H,3-7,9H2,(H2,17,19). The van der Waals surface area contributed by atoms with Gasteiger partial charge >= 0.3 is 0 Å². The molecule has 2 atom stereocenters. The lowest BCUT2D eigenvalue weighted by Crippen LogP contribution is -2.57. The van der Waals surface area contributed by atoms with Crippen LogP contribution >= 0.6 is 0 Å². The minimum atomic E-state index is -0.533. The van der Waals surface area contributed by atoms with Gasteiger partial charge < -0.3 is 10.8 Å². The van der Waals surface area contributed by atoms with Gasteiger partial charge in [0.1, 0.15) is 0 Å². The van der Waals surface area contributed by atoms with E-state index in [0.29, 0.717) is 17.4 Å². The monoisotopic (exact) mass is 272 g/mol. The first-order valence-electron chi connectivity index (χ1n) is 7.46. The van der Waals surface area contributed by atoms with E-state index in [0.717, 1.165) is 37.7 Å². The van der Waals surface area contributed by atoms with Crippen molar-refractivity contribution in [1.82, 2.24) is 4.98 Å². The van der Waals surface area contributed by atoms with E-state index in [1.54, 1.807) is 18.5 Å². The van der Waals surface area contributed by atoms with Crippen LogP contribution < -0.4 is 5.73 Å². The summed E-state index contributed by atoms with van der Waals surface area (Å²) in [5.41, 5.74) is 6.48.